The maximum atomic E-state index is 6.22. The SMILES string of the molecule is Clc1cccc(-c2cc(Nc3cccc(CN4CCCC4)c3)c3ccccc3n2)c1. The molecule has 0 spiro atoms. The molecular formula is C26H24ClN3. The average molecular weight is 414 g/mol. The van der Waals surface area contributed by atoms with Gasteiger partial charge in [-0.3, -0.25) is 4.90 Å². The molecule has 0 amide bonds. The molecule has 1 saturated heterocycles. The number of fused-ring (bicyclic) bond motifs is 1. The topological polar surface area (TPSA) is 28.2 Å². The van der Waals surface area contributed by atoms with Crippen LogP contribution in [0.3, 0.4) is 0 Å². The zero-order valence-corrected chi connectivity index (χ0v) is 17.6. The Morgan fingerprint density at radius 3 is 2.57 bits per heavy atom. The number of aromatic nitrogens is 1. The molecule has 0 aliphatic carbocycles. The lowest BCUT2D eigenvalue weighted by molar-refractivity contribution is 0.331. The zero-order valence-electron chi connectivity index (χ0n) is 16.8. The number of hydrogen-bond acceptors (Lipinski definition) is 3. The standard InChI is InChI=1S/C26H24ClN3/c27-21-9-6-8-20(16-21)25-17-26(23-11-1-2-12-24(23)29-25)28-22-10-5-7-19(15-22)18-30-13-3-4-14-30/h1-2,5-12,15-17H,3-4,13-14,18H2,(H,28,29). The summed E-state index contributed by atoms with van der Waals surface area (Å²) in [6.07, 6.45) is 2.63. The highest BCUT2D eigenvalue weighted by Crippen LogP contribution is 2.31. The van der Waals surface area contributed by atoms with Gasteiger partial charge in [0.05, 0.1) is 16.9 Å². The summed E-state index contributed by atoms with van der Waals surface area (Å²) in [5, 5.41) is 5.46. The van der Waals surface area contributed by atoms with Crippen molar-refractivity contribution in [3.63, 3.8) is 0 Å². The highest BCUT2D eigenvalue weighted by Gasteiger charge is 2.12. The van der Waals surface area contributed by atoms with Crippen molar-refractivity contribution in [2.24, 2.45) is 0 Å². The monoisotopic (exact) mass is 413 g/mol. The Labute approximate surface area is 182 Å². The van der Waals surface area contributed by atoms with Crippen molar-refractivity contribution in [2.75, 3.05) is 18.4 Å². The molecule has 0 atom stereocenters. The summed E-state index contributed by atoms with van der Waals surface area (Å²) in [4.78, 5) is 7.40. The van der Waals surface area contributed by atoms with Crippen molar-refractivity contribution in [3.05, 3.63) is 89.4 Å². The normalized spacial score (nSPS) is 14.3. The molecule has 4 heteroatoms. The third-order valence-corrected chi connectivity index (χ3v) is 5.88. The van der Waals surface area contributed by atoms with Crippen LogP contribution in [0.5, 0.6) is 0 Å². The van der Waals surface area contributed by atoms with E-state index in [1.54, 1.807) is 0 Å². The van der Waals surface area contributed by atoms with E-state index in [1.165, 1.54) is 31.5 Å². The molecule has 3 nitrogen and oxygen atoms in total. The minimum Gasteiger partial charge on any atom is -0.355 e. The van der Waals surface area contributed by atoms with E-state index in [2.05, 4.69) is 58.7 Å². The summed E-state index contributed by atoms with van der Waals surface area (Å²) in [7, 11) is 0. The van der Waals surface area contributed by atoms with Crippen molar-refractivity contribution in [1.82, 2.24) is 9.88 Å². The summed E-state index contributed by atoms with van der Waals surface area (Å²) in [6, 6.07) is 26.9. The Balaban J connectivity index is 1.50. The summed E-state index contributed by atoms with van der Waals surface area (Å²) < 4.78 is 0. The number of anilines is 2. The van der Waals surface area contributed by atoms with Crippen LogP contribution < -0.4 is 5.32 Å². The lowest BCUT2D eigenvalue weighted by Crippen LogP contribution is -2.18. The first-order valence-electron chi connectivity index (χ1n) is 10.5. The van der Waals surface area contributed by atoms with Gasteiger partial charge >= 0.3 is 0 Å². The summed E-state index contributed by atoms with van der Waals surface area (Å²) in [5.41, 5.74) is 6.38. The van der Waals surface area contributed by atoms with Crippen molar-refractivity contribution >= 4 is 33.9 Å². The molecule has 1 aliphatic heterocycles. The summed E-state index contributed by atoms with van der Waals surface area (Å²) in [5.74, 6) is 0. The van der Waals surface area contributed by atoms with E-state index in [4.69, 9.17) is 16.6 Å². The molecule has 2 heterocycles. The third kappa shape index (κ3) is 4.18. The minimum absolute atomic E-state index is 0.714. The number of rotatable bonds is 5. The Bertz CT molecular complexity index is 1180. The molecule has 1 aliphatic rings. The van der Waals surface area contributed by atoms with Crippen LogP contribution in [-0.2, 0) is 6.54 Å². The van der Waals surface area contributed by atoms with Gasteiger partial charge in [-0.15, -0.1) is 0 Å². The summed E-state index contributed by atoms with van der Waals surface area (Å²) >= 11 is 6.22. The molecule has 0 bridgehead atoms. The molecule has 1 N–H and O–H groups in total. The van der Waals surface area contributed by atoms with Gasteiger partial charge in [0.1, 0.15) is 0 Å². The second-order valence-electron chi connectivity index (χ2n) is 7.89. The van der Waals surface area contributed by atoms with E-state index in [9.17, 15) is 0 Å². The second-order valence-corrected chi connectivity index (χ2v) is 8.33. The molecule has 4 aromatic rings. The van der Waals surface area contributed by atoms with Crippen LogP contribution in [0.2, 0.25) is 5.02 Å². The number of para-hydroxylation sites is 1. The van der Waals surface area contributed by atoms with E-state index in [0.29, 0.717) is 5.02 Å². The van der Waals surface area contributed by atoms with Gasteiger partial charge in [0, 0.05) is 28.2 Å². The Kier molecular flexibility index (Phi) is 5.39. The fourth-order valence-electron chi connectivity index (χ4n) is 4.18. The molecule has 0 saturated carbocycles. The molecule has 0 unspecified atom stereocenters. The first kappa shape index (κ1) is 19.1. The van der Waals surface area contributed by atoms with Gasteiger partial charge in [0.25, 0.3) is 0 Å². The highest BCUT2D eigenvalue weighted by molar-refractivity contribution is 6.30. The van der Waals surface area contributed by atoms with Gasteiger partial charge in [-0.2, -0.15) is 0 Å². The van der Waals surface area contributed by atoms with Crippen molar-refractivity contribution < 1.29 is 0 Å². The number of pyridine rings is 1. The van der Waals surface area contributed by atoms with Crippen LogP contribution in [-0.4, -0.2) is 23.0 Å². The number of nitrogens with zero attached hydrogens (tertiary/aromatic N) is 2. The van der Waals surface area contributed by atoms with E-state index in [-0.39, 0.29) is 0 Å². The number of hydrogen-bond donors (Lipinski definition) is 1. The van der Waals surface area contributed by atoms with Gasteiger partial charge in [-0.1, -0.05) is 54.1 Å². The van der Waals surface area contributed by atoms with Crippen molar-refractivity contribution in [2.45, 2.75) is 19.4 Å². The quantitative estimate of drug-likeness (QED) is 0.386. The number of likely N-dealkylation sites (tertiary alicyclic amines) is 1. The zero-order chi connectivity index (χ0) is 20.3. The predicted molar refractivity (Wildman–Crippen MR) is 126 cm³/mol. The van der Waals surface area contributed by atoms with Crippen molar-refractivity contribution in [1.29, 1.82) is 0 Å². The molecule has 3 aromatic carbocycles. The van der Waals surface area contributed by atoms with Gasteiger partial charge in [-0.05, 0) is 67.9 Å². The van der Waals surface area contributed by atoms with Crippen LogP contribution in [0, 0.1) is 0 Å². The number of benzene rings is 3. The number of halogens is 1. The van der Waals surface area contributed by atoms with E-state index in [0.717, 1.165) is 40.1 Å². The fraction of sp³-hybridized carbons (Fsp3) is 0.192. The van der Waals surface area contributed by atoms with E-state index in [1.807, 2.05) is 30.3 Å². The van der Waals surface area contributed by atoms with Gasteiger partial charge in [0.15, 0.2) is 0 Å². The smallest absolute Gasteiger partial charge is 0.0730 e. The van der Waals surface area contributed by atoms with E-state index >= 15 is 0 Å². The first-order chi connectivity index (χ1) is 14.7. The Morgan fingerprint density at radius 1 is 0.867 bits per heavy atom. The van der Waals surface area contributed by atoms with Crippen LogP contribution in [0.4, 0.5) is 11.4 Å². The lowest BCUT2D eigenvalue weighted by Gasteiger charge is -2.16. The molecule has 30 heavy (non-hydrogen) atoms. The van der Waals surface area contributed by atoms with Gasteiger partial charge in [-0.25, -0.2) is 4.98 Å². The molecule has 150 valence electrons. The Morgan fingerprint density at radius 2 is 1.70 bits per heavy atom. The van der Waals surface area contributed by atoms with Crippen LogP contribution in [0.15, 0.2) is 78.9 Å². The maximum absolute atomic E-state index is 6.22. The molecular weight excluding hydrogens is 390 g/mol. The fourth-order valence-corrected chi connectivity index (χ4v) is 4.37. The lowest BCUT2D eigenvalue weighted by atomic mass is 10.1. The first-order valence-corrected chi connectivity index (χ1v) is 10.9. The third-order valence-electron chi connectivity index (χ3n) is 5.65. The largest absolute Gasteiger partial charge is 0.355 e. The molecule has 0 radical (unpaired) electrons. The van der Waals surface area contributed by atoms with Crippen LogP contribution >= 0.6 is 11.6 Å². The van der Waals surface area contributed by atoms with Gasteiger partial charge < -0.3 is 5.32 Å². The minimum atomic E-state index is 0.714. The van der Waals surface area contributed by atoms with Gasteiger partial charge in [0.2, 0.25) is 0 Å². The van der Waals surface area contributed by atoms with Crippen LogP contribution in [0.1, 0.15) is 18.4 Å². The van der Waals surface area contributed by atoms with Crippen LogP contribution in [0.25, 0.3) is 22.2 Å². The van der Waals surface area contributed by atoms with Crippen molar-refractivity contribution in [3.8, 4) is 11.3 Å². The highest BCUT2D eigenvalue weighted by atomic mass is 35.5. The predicted octanol–water partition coefficient (Wildman–Crippen LogP) is 6.89. The number of nitrogens with one attached hydrogen (secondary N) is 1. The second kappa shape index (κ2) is 8.47. The maximum Gasteiger partial charge on any atom is 0.0730 e. The average Bonchev–Trinajstić information content (AvgIpc) is 3.27. The Hall–Kier alpha value is -2.88. The molecule has 1 fully saturated rings. The van der Waals surface area contributed by atoms with E-state index < -0.39 is 0 Å². The molecule has 5 rings (SSSR count). The molecule has 1 aromatic heterocycles. The summed E-state index contributed by atoms with van der Waals surface area (Å²) in [6.45, 7) is 3.42.